The predicted molar refractivity (Wildman–Crippen MR) is 87.7 cm³/mol. The molecule has 6 heteroatoms. The van der Waals surface area contributed by atoms with Crippen LogP contribution in [0, 0.1) is 0 Å². The van der Waals surface area contributed by atoms with Crippen LogP contribution >= 0.6 is 24.0 Å². The van der Waals surface area contributed by atoms with Crippen molar-refractivity contribution in [2.75, 3.05) is 0 Å². The van der Waals surface area contributed by atoms with Gasteiger partial charge in [-0.2, -0.15) is 0 Å². The monoisotopic (exact) mass is 328 g/mol. The van der Waals surface area contributed by atoms with Gasteiger partial charge in [0.15, 0.2) is 0 Å². The van der Waals surface area contributed by atoms with Crippen LogP contribution in [0.4, 0.5) is 0 Å². The van der Waals surface area contributed by atoms with Crippen LogP contribution in [-0.4, -0.2) is 17.1 Å². The maximum Gasteiger partial charge on any atom is 0.255 e. The summed E-state index contributed by atoms with van der Waals surface area (Å²) in [6, 6.07) is 5.64. The summed E-state index contributed by atoms with van der Waals surface area (Å²) >= 11 is 6.22. The molecule has 0 aliphatic heterocycles. The van der Waals surface area contributed by atoms with Crippen molar-refractivity contribution in [2.45, 2.75) is 37.8 Å². The van der Waals surface area contributed by atoms with Crippen molar-refractivity contribution in [2.24, 2.45) is 5.73 Å². The SMILES string of the molecule is Cl.N[C@H]1CC[C@H](Oc2cc3cc[nH]c(=O)c3cc2Cl)CC1. The molecular weight excluding hydrogens is 311 g/mol. The van der Waals surface area contributed by atoms with Gasteiger partial charge in [-0.1, -0.05) is 11.6 Å². The number of rotatable bonds is 2. The average Bonchev–Trinajstić information content (AvgIpc) is 2.43. The minimum absolute atomic E-state index is 0. The van der Waals surface area contributed by atoms with Crippen molar-refractivity contribution in [1.82, 2.24) is 4.98 Å². The standard InChI is InChI=1S/C15H17ClN2O2.ClH/c16-13-8-12-9(5-6-18-15(12)19)7-14(13)20-11-3-1-10(17)2-4-11;/h5-8,10-11H,1-4,17H2,(H,18,19);1H/t10-,11-;. The molecule has 0 bridgehead atoms. The number of halogens is 2. The third kappa shape index (κ3) is 3.51. The number of pyridine rings is 1. The molecule has 0 radical (unpaired) electrons. The average molecular weight is 329 g/mol. The molecular formula is C15H18Cl2N2O2. The van der Waals surface area contributed by atoms with E-state index < -0.39 is 0 Å². The third-order valence-electron chi connectivity index (χ3n) is 3.84. The maximum absolute atomic E-state index is 11.7. The Bertz CT molecular complexity index is 679. The Hall–Kier alpha value is -1.23. The molecule has 0 unspecified atom stereocenters. The van der Waals surface area contributed by atoms with E-state index >= 15 is 0 Å². The van der Waals surface area contributed by atoms with Crippen LogP contribution in [0.1, 0.15) is 25.7 Å². The van der Waals surface area contributed by atoms with Gasteiger partial charge in [0.25, 0.3) is 5.56 Å². The molecule has 0 amide bonds. The first-order chi connectivity index (χ1) is 9.63. The molecule has 0 spiro atoms. The molecule has 3 rings (SSSR count). The number of nitrogens with one attached hydrogen (secondary N) is 1. The molecule has 1 fully saturated rings. The van der Waals surface area contributed by atoms with Crippen molar-refractivity contribution >= 4 is 34.8 Å². The van der Waals surface area contributed by atoms with Gasteiger partial charge in [0.1, 0.15) is 5.75 Å². The summed E-state index contributed by atoms with van der Waals surface area (Å²) in [6.45, 7) is 0. The van der Waals surface area contributed by atoms with Crippen molar-refractivity contribution < 1.29 is 4.74 Å². The number of aromatic amines is 1. The first-order valence-electron chi connectivity index (χ1n) is 6.86. The Kier molecular flexibility index (Phi) is 5.14. The number of H-pyrrole nitrogens is 1. The van der Waals surface area contributed by atoms with E-state index in [9.17, 15) is 4.79 Å². The molecule has 1 saturated carbocycles. The van der Waals surface area contributed by atoms with Crippen LogP contribution in [0.5, 0.6) is 5.75 Å². The van der Waals surface area contributed by atoms with Crippen LogP contribution in [0.3, 0.4) is 0 Å². The quantitative estimate of drug-likeness (QED) is 0.889. The molecule has 1 aliphatic carbocycles. The highest BCUT2D eigenvalue weighted by Crippen LogP contribution is 2.31. The largest absolute Gasteiger partial charge is 0.489 e. The Morgan fingerprint density at radius 3 is 2.67 bits per heavy atom. The maximum atomic E-state index is 11.7. The molecule has 114 valence electrons. The Morgan fingerprint density at radius 2 is 1.95 bits per heavy atom. The van der Waals surface area contributed by atoms with Gasteiger partial charge in [0, 0.05) is 17.6 Å². The van der Waals surface area contributed by atoms with Gasteiger partial charge in [-0.3, -0.25) is 4.79 Å². The van der Waals surface area contributed by atoms with Crippen LogP contribution in [0.25, 0.3) is 10.8 Å². The Labute approximate surface area is 134 Å². The smallest absolute Gasteiger partial charge is 0.255 e. The molecule has 3 N–H and O–H groups in total. The summed E-state index contributed by atoms with van der Waals surface area (Å²) in [5, 5.41) is 1.89. The second kappa shape index (κ2) is 6.69. The van der Waals surface area contributed by atoms with Gasteiger partial charge in [0.05, 0.1) is 11.1 Å². The van der Waals surface area contributed by atoms with E-state index in [1.165, 1.54) is 0 Å². The first-order valence-corrected chi connectivity index (χ1v) is 7.24. The van der Waals surface area contributed by atoms with E-state index in [2.05, 4.69) is 4.98 Å². The summed E-state index contributed by atoms with van der Waals surface area (Å²) < 4.78 is 5.98. The summed E-state index contributed by atoms with van der Waals surface area (Å²) in [6.07, 6.45) is 5.65. The van der Waals surface area contributed by atoms with Gasteiger partial charge in [-0.25, -0.2) is 0 Å². The fourth-order valence-electron chi connectivity index (χ4n) is 2.66. The summed E-state index contributed by atoms with van der Waals surface area (Å²) in [4.78, 5) is 14.3. The van der Waals surface area contributed by atoms with Crippen molar-refractivity contribution in [3.05, 3.63) is 39.8 Å². The fourth-order valence-corrected chi connectivity index (χ4v) is 2.87. The summed E-state index contributed by atoms with van der Waals surface area (Å²) in [5.74, 6) is 0.644. The van der Waals surface area contributed by atoms with Crippen LogP contribution in [0.2, 0.25) is 5.02 Å². The molecule has 0 atom stereocenters. The van der Waals surface area contributed by atoms with Crippen LogP contribution < -0.4 is 16.0 Å². The molecule has 4 nitrogen and oxygen atoms in total. The lowest BCUT2D eigenvalue weighted by Gasteiger charge is -2.27. The zero-order chi connectivity index (χ0) is 14.1. The van der Waals surface area contributed by atoms with Crippen LogP contribution in [-0.2, 0) is 0 Å². The number of hydrogen-bond donors (Lipinski definition) is 2. The molecule has 2 aromatic rings. The van der Waals surface area contributed by atoms with Gasteiger partial charge in [-0.15, -0.1) is 12.4 Å². The molecule has 1 aromatic carbocycles. The number of nitrogens with two attached hydrogens (primary N) is 1. The lowest BCUT2D eigenvalue weighted by Crippen LogP contribution is -2.31. The minimum atomic E-state index is -0.139. The molecule has 0 saturated heterocycles. The van der Waals surface area contributed by atoms with E-state index in [4.69, 9.17) is 22.1 Å². The van der Waals surface area contributed by atoms with Gasteiger partial charge in [0.2, 0.25) is 0 Å². The van der Waals surface area contributed by atoms with E-state index in [-0.39, 0.29) is 24.1 Å². The van der Waals surface area contributed by atoms with E-state index in [1.54, 1.807) is 12.3 Å². The summed E-state index contributed by atoms with van der Waals surface area (Å²) in [5.41, 5.74) is 5.75. The second-order valence-electron chi connectivity index (χ2n) is 5.33. The number of fused-ring (bicyclic) bond motifs is 1. The highest BCUT2D eigenvalue weighted by molar-refractivity contribution is 6.32. The van der Waals surface area contributed by atoms with Crippen molar-refractivity contribution in [1.29, 1.82) is 0 Å². The number of ether oxygens (including phenoxy) is 1. The molecule has 21 heavy (non-hydrogen) atoms. The predicted octanol–water partition coefficient (Wildman–Crippen LogP) is 3.25. The van der Waals surface area contributed by atoms with Gasteiger partial charge in [-0.05, 0) is 49.3 Å². The molecule has 1 aliphatic rings. The Balaban J connectivity index is 0.00000161. The van der Waals surface area contributed by atoms with Crippen molar-refractivity contribution in [3.63, 3.8) is 0 Å². The number of aromatic nitrogens is 1. The second-order valence-corrected chi connectivity index (χ2v) is 5.74. The van der Waals surface area contributed by atoms with E-state index in [0.717, 1.165) is 31.1 Å². The molecule has 1 heterocycles. The van der Waals surface area contributed by atoms with Gasteiger partial charge >= 0.3 is 0 Å². The fraction of sp³-hybridized carbons (Fsp3) is 0.400. The topological polar surface area (TPSA) is 68.1 Å². The zero-order valence-electron chi connectivity index (χ0n) is 11.5. The van der Waals surface area contributed by atoms with Crippen LogP contribution in [0.15, 0.2) is 29.2 Å². The van der Waals surface area contributed by atoms with Gasteiger partial charge < -0.3 is 15.5 Å². The Morgan fingerprint density at radius 1 is 1.24 bits per heavy atom. The number of benzene rings is 1. The normalized spacial score (nSPS) is 21.8. The number of hydrogen-bond acceptors (Lipinski definition) is 3. The highest BCUT2D eigenvalue weighted by atomic mass is 35.5. The summed E-state index contributed by atoms with van der Waals surface area (Å²) in [7, 11) is 0. The van der Waals surface area contributed by atoms with Crippen molar-refractivity contribution in [3.8, 4) is 5.75 Å². The zero-order valence-corrected chi connectivity index (χ0v) is 13.0. The third-order valence-corrected chi connectivity index (χ3v) is 4.13. The highest BCUT2D eigenvalue weighted by Gasteiger charge is 2.20. The molecule has 1 aromatic heterocycles. The van der Waals surface area contributed by atoms with E-state index in [0.29, 0.717) is 22.2 Å². The minimum Gasteiger partial charge on any atom is -0.489 e. The van der Waals surface area contributed by atoms with E-state index in [1.807, 2.05) is 12.1 Å². The lowest BCUT2D eigenvalue weighted by molar-refractivity contribution is 0.147. The first kappa shape index (κ1) is 16.1. The lowest BCUT2D eigenvalue weighted by atomic mass is 9.94.